The van der Waals surface area contributed by atoms with Gasteiger partial charge in [0.1, 0.15) is 0 Å². The topological polar surface area (TPSA) is 102 Å². The van der Waals surface area contributed by atoms with Crippen LogP contribution in [0.5, 0.6) is 0 Å². The van der Waals surface area contributed by atoms with Crippen LogP contribution in [0, 0.1) is 11.7 Å². The number of halogens is 1. The van der Waals surface area contributed by atoms with Crippen molar-refractivity contribution >= 4 is 6.03 Å². The number of methoxy groups -OCH3 is 2. The van der Waals surface area contributed by atoms with E-state index in [1.165, 1.54) is 0 Å². The first-order valence-electron chi connectivity index (χ1n) is 7.31. The molecule has 2 N–H and O–H groups in total. The molecule has 0 radical (unpaired) electrons. The van der Waals surface area contributed by atoms with E-state index in [1.54, 1.807) is 19.2 Å². The van der Waals surface area contributed by atoms with Gasteiger partial charge in [0.2, 0.25) is 5.82 Å². The van der Waals surface area contributed by atoms with Gasteiger partial charge in [0.25, 0.3) is 5.56 Å². The molecule has 0 aliphatic heterocycles. The number of rotatable bonds is 4. The summed E-state index contributed by atoms with van der Waals surface area (Å²) in [6, 6.07) is -0.784. The van der Waals surface area contributed by atoms with Crippen molar-refractivity contribution in [2.45, 2.75) is 31.5 Å². The zero-order chi connectivity index (χ0) is 17.0. The molecule has 1 heterocycles. The summed E-state index contributed by atoms with van der Waals surface area (Å²) in [5.74, 6) is -1.03. The van der Waals surface area contributed by atoms with Crippen molar-refractivity contribution in [3.63, 3.8) is 0 Å². The molecule has 9 heteroatoms. The maximum Gasteiger partial charge on any atom is 0.336 e. The SMILES string of the molecule is COC1CCC(CNC(=O)n2cc(F)c(=O)[nH]c2=O)CC1OC. The van der Waals surface area contributed by atoms with Crippen molar-refractivity contribution in [3.8, 4) is 0 Å². The van der Waals surface area contributed by atoms with E-state index < -0.39 is 23.1 Å². The molecule has 128 valence electrons. The highest BCUT2D eigenvalue weighted by Crippen LogP contribution is 2.27. The molecule has 8 nitrogen and oxygen atoms in total. The molecule has 1 aliphatic carbocycles. The Bertz CT molecular complexity index is 671. The highest BCUT2D eigenvalue weighted by molar-refractivity contribution is 5.76. The van der Waals surface area contributed by atoms with Crippen LogP contribution in [0.2, 0.25) is 0 Å². The molecule has 1 aromatic heterocycles. The lowest BCUT2D eigenvalue weighted by Crippen LogP contribution is -2.44. The second kappa shape index (κ2) is 7.51. The molecule has 2 rings (SSSR count). The number of carbonyl (C=O) groups excluding carboxylic acids is 1. The van der Waals surface area contributed by atoms with E-state index >= 15 is 0 Å². The van der Waals surface area contributed by atoms with Crippen LogP contribution in [0.1, 0.15) is 19.3 Å². The summed E-state index contributed by atoms with van der Waals surface area (Å²) in [4.78, 5) is 36.1. The first kappa shape index (κ1) is 17.4. The van der Waals surface area contributed by atoms with Gasteiger partial charge in [0.15, 0.2) is 0 Å². The van der Waals surface area contributed by atoms with Crippen LogP contribution in [0.25, 0.3) is 0 Å². The minimum atomic E-state index is -1.19. The molecule has 0 spiro atoms. The zero-order valence-electron chi connectivity index (χ0n) is 13.0. The average molecular weight is 329 g/mol. The highest BCUT2D eigenvalue weighted by Gasteiger charge is 2.30. The van der Waals surface area contributed by atoms with Crippen molar-refractivity contribution in [1.82, 2.24) is 14.9 Å². The molecule has 0 saturated heterocycles. The summed E-state index contributed by atoms with van der Waals surface area (Å²) >= 11 is 0. The quantitative estimate of drug-likeness (QED) is 0.813. The Balaban J connectivity index is 1.96. The van der Waals surface area contributed by atoms with Gasteiger partial charge < -0.3 is 14.8 Å². The van der Waals surface area contributed by atoms with Gasteiger partial charge in [-0.1, -0.05) is 0 Å². The lowest BCUT2D eigenvalue weighted by Gasteiger charge is -2.34. The summed E-state index contributed by atoms with van der Waals surface area (Å²) < 4.78 is 24.4. The Morgan fingerprint density at radius 2 is 2.04 bits per heavy atom. The normalized spacial score (nSPS) is 24.4. The molecule has 3 atom stereocenters. The standard InChI is InChI=1S/C14H20FN3O5/c1-22-10-4-3-8(5-11(10)23-2)6-16-13(20)18-7-9(15)12(19)17-14(18)21/h7-8,10-11H,3-6H2,1-2H3,(H,16,20)(H,17,19,21). The number of hydrogen-bond acceptors (Lipinski definition) is 5. The van der Waals surface area contributed by atoms with Crippen LogP contribution in [-0.4, -0.2) is 48.6 Å². The van der Waals surface area contributed by atoms with Crippen LogP contribution in [0.3, 0.4) is 0 Å². The Morgan fingerprint density at radius 1 is 1.35 bits per heavy atom. The lowest BCUT2D eigenvalue weighted by molar-refractivity contribution is -0.0697. The van der Waals surface area contributed by atoms with Gasteiger partial charge in [0.05, 0.1) is 18.4 Å². The third kappa shape index (κ3) is 4.05. The largest absolute Gasteiger partial charge is 0.379 e. The predicted molar refractivity (Wildman–Crippen MR) is 79.0 cm³/mol. The molecule has 1 fully saturated rings. The number of nitrogens with zero attached hydrogens (tertiary/aromatic N) is 1. The second-order valence-electron chi connectivity index (χ2n) is 5.52. The number of hydrogen-bond donors (Lipinski definition) is 2. The molecular weight excluding hydrogens is 309 g/mol. The number of amides is 1. The summed E-state index contributed by atoms with van der Waals surface area (Å²) in [6.07, 6.45) is 2.92. The van der Waals surface area contributed by atoms with Crippen LogP contribution >= 0.6 is 0 Å². The molecule has 3 unspecified atom stereocenters. The fraction of sp³-hybridized carbons (Fsp3) is 0.643. The van der Waals surface area contributed by atoms with E-state index in [9.17, 15) is 18.8 Å². The van der Waals surface area contributed by atoms with Gasteiger partial charge in [0, 0.05) is 20.8 Å². The van der Waals surface area contributed by atoms with Crippen molar-refractivity contribution in [2.24, 2.45) is 5.92 Å². The minimum Gasteiger partial charge on any atom is -0.379 e. The fourth-order valence-corrected chi connectivity index (χ4v) is 2.80. The molecule has 1 amide bonds. The van der Waals surface area contributed by atoms with Crippen molar-refractivity contribution in [1.29, 1.82) is 0 Å². The smallest absolute Gasteiger partial charge is 0.336 e. The number of H-pyrrole nitrogens is 1. The van der Waals surface area contributed by atoms with Gasteiger partial charge in [-0.15, -0.1) is 0 Å². The van der Waals surface area contributed by atoms with Crippen LogP contribution in [0.4, 0.5) is 9.18 Å². The molecule has 1 aromatic rings. The summed E-state index contributed by atoms with van der Waals surface area (Å²) in [7, 11) is 3.25. The van der Waals surface area contributed by atoms with Crippen molar-refractivity contribution < 1.29 is 18.7 Å². The van der Waals surface area contributed by atoms with Gasteiger partial charge in [-0.25, -0.2) is 14.2 Å². The van der Waals surface area contributed by atoms with Gasteiger partial charge in [-0.2, -0.15) is 4.39 Å². The summed E-state index contributed by atoms with van der Waals surface area (Å²) in [5.41, 5.74) is -2.13. The predicted octanol–water partition coefficient (Wildman–Crippen LogP) is 0.0635. The monoisotopic (exact) mass is 329 g/mol. The number of aromatic amines is 1. The van der Waals surface area contributed by atoms with E-state index in [0.717, 1.165) is 12.8 Å². The van der Waals surface area contributed by atoms with E-state index in [1.807, 2.05) is 0 Å². The molecule has 0 aromatic carbocycles. The van der Waals surface area contributed by atoms with E-state index in [2.05, 4.69) is 5.32 Å². The highest BCUT2D eigenvalue weighted by atomic mass is 19.1. The molecule has 1 saturated carbocycles. The van der Waals surface area contributed by atoms with Crippen LogP contribution < -0.4 is 16.6 Å². The zero-order valence-corrected chi connectivity index (χ0v) is 13.0. The Morgan fingerprint density at radius 3 is 2.70 bits per heavy atom. The first-order valence-corrected chi connectivity index (χ1v) is 7.31. The third-order valence-corrected chi connectivity index (χ3v) is 4.10. The number of aromatic nitrogens is 2. The Kier molecular flexibility index (Phi) is 5.67. The molecule has 1 aliphatic rings. The maximum absolute atomic E-state index is 13.2. The van der Waals surface area contributed by atoms with E-state index in [4.69, 9.17) is 9.47 Å². The Hall–Kier alpha value is -2.00. The van der Waals surface area contributed by atoms with Gasteiger partial charge in [-0.05, 0) is 25.2 Å². The second-order valence-corrected chi connectivity index (χ2v) is 5.52. The van der Waals surface area contributed by atoms with Gasteiger partial charge >= 0.3 is 11.7 Å². The molecular formula is C14H20FN3O5. The first-order chi connectivity index (χ1) is 11.0. The van der Waals surface area contributed by atoms with Crippen molar-refractivity contribution in [3.05, 3.63) is 32.9 Å². The number of nitrogens with one attached hydrogen (secondary N) is 2. The summed E-state index contributed by atoms with van der Waals surface area (Å²) in [5, 5.41) is 2.57. The molecule has 0 bridgehead atoms. The Labute approximate surface area is 131 Å². The van der Waals surface area contributed by atoms with E-state index in [-0.39, 0.29) is 18.1 Å². The number of ether oxygens (including phenoxy) is 2. The third-order valence-electron chi connectivity index (χ3n) is 4.10. The van der Waals surface area contributed by atoms with Crippen LogP contribution in [0.15, 0.2) is 15.8 Å². The fourth-order valence-electron chi connectivity index (χ4n) is 2.80. The van der Waals surface area contributed by atoms with Gasteiger partial charge in [-0.3, -0.25) is 9.78 Å². The molecule has 23 heavy (non-hydrogen) atoms. The van der Waals surface area contributed by atoms with E-state index in [0.29, 0.717) is 23.7 Å². The minimum absolute atomic E-state index is 0.0304. The average Bonchev–Trinajstić information content (AvgIpc) is 2.55. The summed E-state index contributed by atoms with van der Waals surface area (Å²) in [6.45, 7) is 0.322. The van der Waals surface area contributed by atoms with Crippen LogP contribution in [-0.2, 0) is 9.47 Å². The maximum atomic E-state index is 13.2. The van der Waals surface area contributed by atoms with Crippen molar-refractivity contribution in [2.75, 3.05) is 20.8 Å². The number of carbonyl (C=O) groups is 1. The lowest BCUT2D eigenvalue weighted by atomic mass is 9.85.